The van der Waals surface area contributed by atoms with E-state index in [0.29, 0.717) is 12.0 Å². The molecule has 86 valence electrons. The van der Waals surface area contributed by atoms with Crippen LogP contribution in [0.2, 0.25) is 0 Å². The Morgan fingerprint density at radius 1 is 1.53 bits per heavy atom. The van der Waals surface area contributed by atoms with Crippen molar-refractivity contribution in [3.63, 3.8) is 0 Å². The third kappa shape index (κ3) is 2.43. The molecule has 2 atom stereocenters. The van der Waals surface area contributed by atoms with Crippen LogP contribution in [0.15, 0.2) is 0 Å². The highest BCUT2D eigenvalue weighted by Gasteiger charge is 2.37. The van der Waals surface area contributed by atoms with Crippen molar-refractivity contribution in [2.75, 3.05) is 26.2 Å². The fourth-order valence-corrected chi connectivity index (χ4v) is 2.50. The molecule has 2 heterocycles. The topological polar surface area (TPSA) is 44.4 Å². The lowest BCUT2D eigenvalue weighted by Crippen LogP contribution is -2.41. The normalized spacial score (nSPS) is 29.3. The Morgan fingerprint density at radius 3 is 3.13 bits per heavy atom. The van der Waals surface area contributed by atoms with Crippen molar-refractivity contribution >= 4 is 6.03 Å². The number of nitrogens with zero attached hydrogens (tertiary/aromatic N) is 1. The summed E-state index contributed by atoms with van der Waals surface area (Å²) < 4.78 is 0. The molecular formula is C11H21N3O. The summed E-state index contributed by atoms with van der Waals surface area (Å²) in [4.78, 5) is 13.7. The van der Waals surface area contributed by atoms with E-state index in [1.165, 1.54) is 6.42 Å². The maximum Gasteiger partial charge on any atom is 0.317 e. The maximum atomic E-state index is 11.7. The third-order valence-corrected chi connectivity index (χ3v) is 3.46. The van der Waals surface area contributed by atoms with Gasteiger partial charge in [0.05, 0.1) is 0 Å². The predicted octanol–water partition coefficient (Wildman–Crippen LogP) is 0.790. The van der Waals surface area contributed by atoms with Crippen LogP contribution in [0.5, 0.6) is 0 Å². The van der Waals surface area contributed by atoms with Gasteiger partial charge in [0.15, 0.2) is 0 Å². The average molecular weight is 211 g/mol. The molecule has 4 nitrogen and oxygen atoms in total. The quantitative estimate of drug-likeness (QED) is 0.678. The largest absolute Gasteiger partial charge is 0.338 e. The number of hydrogen-bond acceptors (Lipinski definition) is 2. The SMILES string of the molecule is CCCCNC(=O)N1CC2CCNC2C1. The van der Waals surface area contributed by atoms with Crippen LogP contribution in [0.25, 0.3) is 0 Å². The number of unbranched alkanes of at least 4 members (excludes halogenated alkanes) is 1. The van der Waals surface area contributed by atoms with Crippen LogP contribution in [-0.2, 0) is 0 Å². The number of likely N-dealkylation sites (tertiary alicyclic amines) is 1. The van der Waals surface area contributed by atoms with E-state index in [1.54, 1.807) is 0 Å². The molecule has 0 saturated carbocycles. The zero-order valence-electron chi connectivity index (χ0n) is 9.46. The molecule has 2 aliphatic heterocycles. The zero-order chi connectivity index (χ0) is 10.7. The van der Waals surface area contributed by atoms with Crippen molar-refractivity contribution in [2.24, 2.45) is 5.92 Å². The molecule has 2 rings (SSSR count). The number of fused-ring (bicyclic) bond motifs is 1. The summed E-state index contributed by atoms with van der Waals surface area (Å²) in [6.07, 6.45) is 3.43. The van der Waals surface area contributed by atoms with Gasteiger partial charge < -0.3 is 15.5 Å². The molecular weight excluding hydrogens is 190 g/mol. The van der Waals surface area contributed by atoms with E-state index in [2.05, 4.69) is 17.6 Å². The molecule has 0 aromatic carbocycles. The molecule has 0 aromatic rings. The summed E-state index contributed by atoms with van der Waals surface area (Å²) in [5.74, 6) is 0.696. The number of carbonyl (C=O) groups excluding carboxylic acids is 1. The number of urea groups is 1. The fraction of sp³-hybridized carbons (Fsp3) is 0.909. The maximum absolute atomic E-state index is 11.7. The van der Waals surface area contributed by atoms with Gasteiger partial charge in [-0.05, 0) is 25.3 Å². The van der Waals surface area contributed by atoms with Crippen LogP contribution in [0.4, 0.5) is 4.79 Å². The lowest BCUT2D eigenvalue weighted by molar-refractivity contribution is 0.205. The summed E-state index contributed by atoms with van der Waals surface area (Å²) in [6, 6.07) is 0.682. The standard InChI is InChI=1S/C11H21N3O/c1-2-3-5-13-11(15)14-7-9-4-6-12-10(9)8-14/h9-10,12H,2-8H2,1H3,(H,13,15). The zero-order valence-corrected chi connectivity index (χ0v) is 9.46. The van der Waals surface area contributed by atoms with Gasteiger partial charge in [-0.25, -0.2) is 4.79 Å². The Labute approximate surface area is 91.4 Å². The van der Waals surface area contributed by atoms with Crippen molar-refractivity contribution < 1.29 is 4.79 Å². The predicted molar refractivity (Wildman–Crippen MR) is 59.8 cm³/mol. The van der Waals surface area contributed by atoms with E-state index < -0.39 is 0 Å². The first-order valence-electron chi connectivity index (χ1n) is 6.07. The summed E-state index contributed by atoms with van der Waals surface area (Å²) in [7, 11) is 0. The van der Waals surface area contributed by atoms with Crippen LogP contribution in [0.1, 0.15) is 26.2 Å². The van der Waals surface area contributed by atoms with E-state index in [9.17, 15) is 4.79 Å². The summed E-state index contributed by atoms with van der Waals surface area (Å²) in [5, 5.41) is 6.42. The van der Waals surface area contributed by atoms with Gasteiger partial charge >= 0.3 is 6.03 Å². The molecule has 15 heavy (non-hydrogen) atoms. The molecule has 2 aliphatic rings. The second-order valence-electron chi connectivity index (χ2n) is 4.60. The smallest absolute Gasteiger partial charge is 0.317 e. The highest BCUT2D eigenvalue weighted by molar-refractivity contribution is 5.74. The van der Waals surface area contributed by atoms with E-state index >= 15 is 0 Å². The van der Waals surface area contributed by atoms with Crippen molar-refractivity contribution in [2.45, 2.75) is 32.2 Å². The summed E-state index contributed by atoms with van der Waals surface area (Å²) in [6.45, 7) is 5.91. The van der Waals surface area contributed by atoms with Gasteiger partial charge in [-0.15, -0.1) is 0 Å². The van der Waals surface area contributed by atoms with Crippen LogP contribution in [-0.4, -0.2) is 43.2 Å². The number of carbonyl (C=O) groups is 1. The highest BCUT2D eigenvalue weighted by atomic mass is 16.2. The first-order valence-corrected chi connectivity index (χ1v) is 6.07. The van der Waals surface area contributed by atoms with Crippen molar-refractivity contribution in [1.82, 2.24) is 15.5 Å². The average Bonchev–Trinajstić information content (AvgIpc) is 2.76. The molecule has 2 unspecified atom stereocenters. The molecule has 0 bridgehead atoms. The molecule has 2 N–H and O–H groups in total. The first kappa shape index (κ1) is 10.7. The highest BCUT2D eigenvalue weighted by Crippen LogP contribution is 2.24. The van der Waals surface area contributed by atoms with E-state index in [0.717, 1.165) is 39.0 Å². The number of rotatable bonds is 3. The van der Waals surface area contributed by atoms with Gasteiger partial charge in [0.2, 0.25) is 0 Å². The monoisotopic (exact) mass is 211 g/mol. The minimum absolute atomic E-state index is 0.125. The number of hydrogen-bond donors (Lipinski definition) is 2. The Kier molecular flexibility index (Phi) is 3.46. The minimum atomic E-state index is 0.125. The van der Waals surface area contributed by atoms with Crippen molar-refractivity contribution in [3.05, 3.63) is 0 Å². The molecule has 2 saturated heterocycles. The van der Waals surface area contributed by atoms with Crippen LogP contribution in [0, 0.1) is 5.92 Å². The van der Waals surface area contributed by atoms with Gasteiger partial charge in [0.1, 0.15) is 0 Å². The second-order valence-corrected chi connectivity index (χ2v) is 4.60. The lowest BCUT2D eigenvalue weighted by Gasteiger charge is -2.17. The molecule has 0 spiro atoms. The third-order valence-electron chi connectivity index (χ3n) is 3.46. The van der Waals surface area contributed by atoms with E-state index in [-0.39, 0.29) is 6.03 Å². The van der Waals surface area contributed by atoms with Gasteiger partial charge in [0.25, 0.3) is 0 Å². The number of nitrogens with one attached hydrogen (secondary N) is 2. The van der Waals surface area contributed by atoms with Gasteiger partial charge in [-0.2, -0.15) is 0 Å². The van der Waals surface area contributed by atoms with Gasteiger partial charge in [0, 0.05) is 25.7 Å². The van der Waals surface area contributed by atoms with Crippen LogP contribution in [0.3, 0.4) is 0 Å². The molecule has 0 aliphatic carbocycles. The number of amides is 2. The van der Waals surface area contributed by atoms with Crippen LogP contribution < -0.4 is 10.6 Å². The van der Waals surface area contributed by atoms with Crippen molar-refractivity contribution in [1.29, 1.82) is 0 Å². The first-order chi connectivity index (χ1) is 7.31. The van der Waals surface area contributed by atoms with Crippen LogP contribution >= 0.6 is 0 Å². The summed E-state index contributed by atoms with van der Waals surface area (Å²) in [5.41, 5.74) is 0. The fourth-order valence-electron chi connectivity index (χ4n) is 2.50. The Balaban J connectivity index is 1.73. The van der Waals surface area contributed by atoms with Gasteiger partial charge in [-0.3, -0.25) is 0 Å². The molecule has 4 heteroatoms. The Bertz CT molecular complexity index is 220. The van der Waals surface area contributed by atoms with Crippen molar-refractivity contribution in [3.8, 4) is 0 Å². The lowest BCUT2D eigenvalue weighted by atomic mass is 10.1. The second kappa shape index (κ2) is 4.84. The minimum Gasteiger partial charge on any atom is -0.338 e. The molecule has 2 amide bonds. The summed E-state index contributed by atoms with van der Waals surface area (Å²) >= 11 is 0. The molecule has 2 fully saturated rings. The molecule has 0 aromatic heterocycles. The van der Waals surface area contributed by atoms with E-state index in [4.69, 9.17) is 0 Å². The molecule has 0 radical (unpaired) electrons. The van der Waals surface area contributed by atoms with E-state index in [1.807, 2.05) is 4.90 Å². The Hall–Kier alpha value is -0.770. The van der Waals surface area contributed by atoms with Gasteiger partial charge in [-0.1, -0.05) is 13.3 Å². The Morgan fingerprint density at radius 2 is 2.40 bits per heavy atom.